The number of rotatable bonds is 6. The summed E-state index contributed by atoms with van der Waals surface area (Å²) in [5, 5.41) is 3.42. The van der Waals surface area contributed by atoms with Gasteiger partial charge in [-0.1, -0.05) is 18.2 Å². The summed E-state index contributed by atoms with van der Waals surface area (Å²) in [6, 6.07) is 7.04. The average molecular weight is 254 g/mol. The van der Waals surface area contributed by atoms with Crippen LogP contribution >= 0.6 is 11.6 Å². The van der Waals surface area contributed by atoms with Crippen LogP contribution in [0.3, 0.4) is 0 Å². The van der Waals surface area contributed by atoms with Crippen LogP contribution in [0.25, 0.3) is 0 Å². The molecule has 2 nitrogen and oxygen atoms in total. The Morgan fingerprint density at radius 3 is 2.94 bits per heavy atom. The maximum atomic E-state index is 5.86. The molecule has 0 aliphatic heterocycles. The maximum absolute atomic E-state index is 5.86. The highest BCUT2D eigenvalue weighted by Crippen LogP contribution is 2.22. The van der Waals surface area contributed by atoms with Crippen LogP contribution in [-0.2, 0) is 24.1 Å². The molecule has 0 saturated carbocycles. The number of hydrogen-bond acceptors (Lipinski definition) is 2. The molecule has 1 unspecified atom stereocenters. The van der Waals surface area contributed by atoms with Crippen molar-refractivity contribution in [2.75, 3.05) is 19.6 Å². The number of alkyl halides is 1. The lowest BCUT2D eigenvalue weighted by Crippen LogP contribution is -2.34. The summed E-state index contributed by atoms with van der Waals surface area (Å²) in [5.41, 5.74) is 4.40. The van der Waals surface area contributed by atoms with Gasteiger partial charge in [0.1, 0.15) is 0 Å². The summed E-state index contributed by atoms with van der Waals surface area (Å²) in [7, 11) is 1.70. The highest BCUT2D eigenvalue weighted by molar-refractivity contribution is 6.18. The van der Waals surface area contributed by atoms with Crippen molar-refractivity contribution in [3.63, 3.8) is 0 Å². The third-order valence-electron chi connectivity index (χ3n) is 3.31. The molecule has 0 bridgehead atoms. The minimum atomic E-state index is 0.231. The molecule has 1 atom stereocenters. The van der Waals surface area contributed by atoms with E-state index in [2.05, 4.69) is 23.5 Å². The van der Waals surface area contributed by atoms with Gasteiger partial charge in [0.05, 0.1) is 6.61 Å². The summed E-state index contributed by atoms with van der Waals surface area (Å²) in [6.45, 7) is 1.53. The molecule has 3 heteroatoms. The van der Waals surface area contributed by atoms with E-state index >= 15 is 0 Å². The minimum Gasteiger partial charge on any atom is -0.383 e. The lowest BCUT2D eigenvalue weighted by Gasteiger charge is -2.15. The predicted molar refractivity (Wildman–Crippen MR) is 71.7 cm³/mol. The van der Waals surface area contributed by atoms with Crippen LogP contribution in [0.15, 0.2) is 18.2 Å². The first-order valence-corrected chi connectivity index (χ1v) is 6.76. The monoisotopic (exact) mass is 253 g/mol. The molecule has 1 N–H and O–H groups in total. The van der Waals surface area contributed by atoms with Gasteiger partial charge in [-0.2, -0.15) is 0 Å². The molecule has 0 amide bonds. The van der Waals surface area contributed by atoms with Gasteiger partial charge in [0.2, 0.25) is 0 Å². The highest BCUT2D eigenvalue weighted by Gasteiger charge is 2.11. The van der Waals surface area contributed by atoms with Crippen molar-refractivity contribution in [2.45, 2.75) is 31.8 Å². The number of methoxy groups -OCH3 is 1. The smallest absolute Gasteiger partial charge is 0.0627 e. The van der Waals surface area contributed by atoms with Crippen molar-refractivity contribution in [3.05, 3.63) is 34.9 Å². The van der Waals surface area contributed by atoms with Crippen LogP contribution < -0.4 is 5.32 Å². The van der Waals surface area contributed by atoms with E-state index in [1.54, 1.807) is 7.11 Å². The van der Waals surface area contributed by atoms with Crippen molar-refractivity contribution in [1.29, 1.82) is 0 Å². The van der Waals surface area contributed by atoms with E-state index in [4.69, 9.17) is 16.3 Å². The molecular weight excluding hydrogens is 234 g/mol. The van der Waals surface area contributed by atoms with Crippen molar-refractivity contribution in [3.8, 4) is 0 Å². The van der Waals surface area contributed by atoms with Gasteiger partial charge in [0.15, 0.2) is 0 Å². The second-order valence-corrected chi connectivity index (χ2v) is 4.95. The Balaban J connectivity index is 1.90. The van der Waals surface area contributed by atoms with E-state index < -0.39 is 0 Å². The quantitative estimate of drug-likeness (QED) is 0.787. The molecule has 1 aliphatic rings. The molecule has 0 saturated heterocycles. The van der Waals surface area contributed by atoms with E-state index in [0.717, 1.165) is 6.54 Å². The van der Waals surface area contributed by atoms with E-state index in [9.17, 15) is 0 Å². The fourth-order valence-corrected chi connectivity index (χ4v) is 2.55. The van der Waals surface area contributed by atoms with Crippen LogP contribution in [0, 0.1) is 0 Å². The first-order valence-electron chi connectivity index (χ1n) is 6.22. The van der Waals surface area contributed by atoms with Gasteiger partial charge in [-0.05, 0) is 36.0 Å². The average Bonchev–Trinajstić information content (AvgIpc) is 2.81. The number of benzene rings is 1. The summed E-state index contributed by atoms with van der Waals surface area (Å²) >= 11 is 5.86. The van der Waals surface area contributed by atoms with Gasteiger partial charge in [-0.3, -0.25) is 0 Å². The molecule has 17 heavy (non-hydrogen) atoms. The Morgan fingerprint density at radius 2 is 2.18 bits per heavy atom. The van der Waals surface area contributed by atoms with Crippen LogP contribution in [0.1, 0.15) is 23.1 Å². The zero-order valence-electron chi connectivity index (χ0n) is 10.3. The molecule has 94 valence electrons. The minimum absolute atomic E-state index is 0.231. The SMILES string of the molecule is COCC(CCl)NCc1ccc2c(c1)CCC2. The van der Waals surface area contributed by atoms with Crippen LogP contribution in [0.5, 0.6) is 0 Å². The van der Waals surface area contributed by atoms with Gasteiger partial charge in [0, 0.05) is 25.6 Å². The number of halogens is 1. The van der Waals surface area contributed by atoms with Crippen molar-refractivity contribution in [2.24, 2.45) is 0 Å². The van der Waals surface area contributed by atoms with Crippen LogP contribution in [0.4, 0.5) is 0 Å². The van der Waals surface area contributed by atoms with Crippen molar-refractivity contribution in [1.82, 2.24) is 5.32 Å². The second-order valence-electron chi connectivity index (χ2n) is 4.64. The van der Waals surface area contributed by atoms with Crippen molar-refractivity contribution >= 4 is 11.6 Å². The molecule has 0 heterocycles. The zero-order chi connectivity index (χ0) is 12.1. The van der Waals surface area contributed by atoms with Gasteiger partial charge in [-0.15, -0.1) is 11.6 Å². The van der Waals surface area contributed by atoms with Crippen LogP contribution in [0.2, 0.25) is 0 Å². The van der Waals surface area contributed by atoms with Gasteiger partial charge >= 0.3 is 0 Å². The van der Waals surface area contributed by atoms with E-state index in [0.29, 0.717) is 12.5 Å². The molecular formula is C14H20ClNO. The van der Waals surface area contributed by atoms with Gasteiger partial charge in [-0.25, -0.2) is 0 Å². The fraction of sp³-hybridized carbons (Fsp3) is 0.571. The lowest BCUT2D eigenvalue weighted by molar-refractivity contribution is 0.172. The summed E-state index contributed by atoms with van der Waals surface area (Å²) in [5.74, 6) is 0.582. The van der Waals surface area contributed by atoms with E-state index in [1.165, 1.54) is 36.0 Å². The van der Waals surface area contributed by atoms with Crippen LogP contribution in [-0.4, -0.2) is 25.6 Å². The Kier molecular flexibility index (Phi) is 4.84. The number of aryl methyl sites for hydroxylation is 2. The largest absolute Gasteiger partial charge is 0.383 e. The van der Waals surface area contributed by atoms with E-state index in [1.807, 2.05) is 0 Å². The maximum Gasteiger partial charge on any atom is 0.0627 e. The van der Waals surface area contributed by atoms with E-state index in [-0.39, 0.29) is 6.04 Å². The van der Waals surface area contributed by atoms with Gasteiger partial charge in [0.25, 0.3) is 0 Å². The standard InChI is InChI=1S/C14H20ClNO/c1-17-10-14(8-15)16-9-11-5-6-12-3-2-4-13(12)7-11/h5-7,14,16H,2-4,8-10H2,1H3. The lowest BCUT2D eigenvalue weighted by atomic mass is 10.1. The van der Waals surface area contributed by atoms with Gasteiger partial charge < -0.3 is 10.1 Å². The van der Waals surface area contributed by atoms with Crippen molar-refractivity contribution < 1.29 is 4.74 Å². The Morgan fingerprint density at radius 1 is 1.35 bits per heavy atom. The highest BCUT2D eigenvalue weighted by atomic mass is 35.5. The summed E-state index contributed by atoms with van der Waals surface area (Å²) in [4.78, 5) is 0. The number of ether oxygens (including phenoxy) is 1. The molecule has 1 aromatic rings. The third kappa shape index (κ3) is 3.44. The first-order chi connectivity index (χ1) is 8.33. The first kappa shape index (κ1) is 12.9. The number of fused-ring (bicyclic) bond motifs is 1. The topological polar surface area (TPSA) is 21.3 Å². The Hall–Kier alpha value is -0.570. The normalized spacial score (nSPS) is 15.9. The number of nitrogens with one attached hydrogen (secondary N) is 1. The molecule has 2 rings (SSSR count). The fourth-order valence-electron chi connectivity index (χ4n) is 2.36. The second kappa shape index (κ2) is 6.39. The molecule has 1 aliphatic carbocycles. The summed E-state index contributed by atoms with van der Waals surface area (Å²) < 4.78 is 5.11. The molecule has 0 fully saturated rings. The Labute approximate surface area is 108 Å². The summed E-state index contributed by atoms with van der Waals surface area (Å²) in [6.07, 6.45) is 3.79. The zero-order valence-corrected chi connectivity index (χ0v) is 11.1. The molecule has 0 spiro atoms. The molecule has 0 radical (unpaired) electrons. The molecule has 1 aromatic carbocycles. The molecule has 0 aromatic heterocycles. The Bertz CT molecular complexity index is 367. The number of hydrogen-bond donors (Lipinski definition) is 1. The third-order valence-corrected chi connectivity index (χ3v) is 3.68. The predicted octanol–water partition coefficient (Wildman–Crippen LogP) is 2.52.